The molecule has 3 nitrogen and oxygen atoms in total. The van der Waals surface area contributed by atoms with Gasteiger partial charge in [-0.25, -0.2) is 4.99 Å². The van der Waals surface area contributed by atoms with Gasteiger partial charge in [-0.05, 0) is 6.08 Å². The summed E-state index contributed by atoms with van der Waals surface area (Å²) in [5.41, 5.74) is 0.962. The van der Waals surface area contributed by atoms with Crippen molar-refractivity contribution in [1.29, 1.82) is 0 Å². The molecule has 0 aromatic rings. The van der Waals surface area contributed by atoms with Crippen LogP contribution in [0.3, 0.4) is 0 Å². The number of hydrogen-bond donors (Lipinski definition) is 1. The van der Waals surface area contributed by atoms with Crippen LogP contribution in [0.2, 0.25) is 0 Å². The molecule has 13 heavy (non-hydrogen) atoms. The molecule has 0 N–H and O–H groups in total. The van der Waals surface area contributed by atoms with E-state index < -0.39 is 0 Å². The van der Waals surface area contributed by atoms with Crippen LogP contribution in [0.5, 0.6) is 0 Å². The normalized spacial score (nSPS) is 22.5. The van der Waals surface area contributed by atoms with Gasteiger partial charge in [0.2, 0.25) is 0 Å². The van der Waals surface area contributed by atoms with Gasteiger partial charge >= 0.3 is 33.4 Å². The Morgan fingerprint density at radius 3 is 3.00 bits per heavy atom. The van der Waals surface area contributed by atoms with Crippen molar-refractivity contribution in [2.45, 2.75) is 6.04 Å². The van der Waals surface area contributed by atoms with Gasteiger partial charge in [-0.15, -0.1) is 0 Å². The fourth-order valence-electron chi connectivity index (χ4n) is 1.10. The van der Waals surface area contributed by atoms with Crippen LogP contribution in [0.4, 0.5) is 0 Å². The maximum atomic E-state index is 5.04. The van der Waals surface area contributed by atoms with E-state index in [1.807, 2.05) is 18.2 Å². The summed E-state index contributed by atoms with van der Waals surface area (Å²) in [4.78, 5) is 8.18. The number of rotatable bonds is 1. The van der Waals surface area contributed by atoms with E-state index in [4.69, 9.17) is 4.74 Å². The topological polar surface area (TPSA) is 34.0 Å². The van der Waals surface area contributed by atoms with E-state index in [0.717, 1.165) is 35.7 Å². The minimum atomic E-state index is 0.133. The van der Waals surface area contributed by atoms with Crippen molar-refractivity contribution in [2.75, 3.05) is 7.11 Å². The van der Waals surface area contributed by atoms with Gasteiger partial charge in [0, 0.05) is 6.08 Å². The Hall–Kier alpha value is -0.108. The van der Waals surface area contributed by atoms with Gasteiger partial charge < -0.3 is 4.74 Å². The Morgan fingerprint density at radius 2 is 2.31 bits per heavy atom. The summed E-state index contributed by atoms with van der Waals surface area (Å²) in [6.07, 6.45) is 7.37. The third kappa shape index (κ3) is 2.67. The molecular formula is C8H9N2OPbS. The van der Waals surface area contributed by atoms with Gasteiger partial charge in [-0.2, -0.15) is 0 Å². The minimum absolute atomic E-state index is 0.133. The number of nitrogens with zero attached hydrogens (tertiary/aromatic N) is 2. The predicted octanol–water partition coefficient (Wildman–Crippen LogP) is 0.938. The first kappa shape index (κ1) is 11.0. The van der Waals surface area contributed by atoms with Crippen molar-refractivity contribution in [1.82, 2.24) is 0 Å². The van der Waals surface area contributed by atoms with E-state index in [9.17, 15) is 0 Å². The first-order valence-electron chi connectivity index (χ1n) is 3.66. The Morgan fingerprint density at radius 1 is 1.54 bits per heavy atom. The van der Waals surface area contributed by atoms with Crippen LogP contribution in [0.25, 0.3) is 0 Å². The number of hydrogen-bond acceptors (Lipinski definition) is 4. The van der Waals surface area contributed by atoms with Gasteiger partial charge in [-0.1, -0.05) is 6.08 Å². The molecule has 0 saturated heterocycles. The van der Waals surface area contributed by atoms with Crippen molar-refractivity contribution in [3.8, 4) is 0 Å². The number of aliphatic imine (C=N–C) groups is 2. The molecule has 1 heterocycles. The molecule has 1 aliphatic heterocycles. The van der Waals surface area contributed by atoms with Gasteiger partial charge in [-0.3, -0.25) is 4.99 Å². The van der Waals surface area contributed by atoms with Crippen molar-refractivity contribution in [2.24, 2.45) is 9.98 Å². The molecule has 1 atom stereocenters. The van der Waals surface area contributed by atoms with E-state index in [1.54, 1.807) is 13.4 Å². The monoisotopic (exact) mass is 389 g/mol. The average Bonchev–Trinajstić information content (AvgIpc) is 2.67. The van der Waals surface area contributed by atoms with Crippen molar-refractivity contribution in [3.05, 3.63) is 24.0 Å². The third-order valence-corrected chi connectivity index (χ3v) is 1.71. The fourth-order valence-corrected chi connectivity index (χ4v) is 1.10. The number of methoxy groups -OCH3 is 1. The molecule has 1 unspecified atom stereocenters. The SMILES string of the molecule is COC1=CC2=NC=NC2C=C1.[SH][Pb]. The van der Waals surface area contributed by atoms with Crippen molar-refractivity contribution < 1.29 is 4.74 Å². The molecule has 0 aromatic carbocycles. The van der Waals surface area contributed by atoms with Crippen LogP contribution in [0, 0.1) is 0 Å². The maximum absolute atomic E-state index is 5.04. The third-order valence-electron chi connectivity index (χ3n) is 1.71. The zero-order chi connectivity index (χ0) is 9.68. The van der Waals surface area contributed by atoms with E-state index >= 15 is 0 Å². The Labute approximate surface area is 96.9 Å². The molecule has 0 fully saturated rings. The Bertz CT molecular complexity index is 297. The van der Waals surface area contributed by atoms with E-state index in [2.05, 4.69) is 19.2 Å². The molecule has 1 aliphatic carbocycles. The zero-order valence-corrected chi connectivity index (χ0v) is 11.9. The molecule has 2 rings (SSSR count). The first-order valence-corrected chi connectivity index (χ1v) is 9.32. The second-order valence-corrected chi connectivity index (χ2v) is 2.37. The van der Waals surface area contributed by atoms with E-state index in [1.165, 1.54) is 0 Å². The molecule has 0 amide bonds. The zero-order valence-electron chi connectivity index (χ0n) is 7.14. The van der Waals surface area contributed by atoms with E-state index in [0.29, 0.717) is 0 Å². The summed E-state index contributed by atoms with van der Waals surface area (Å²) in [6.45, 7) is 0. The van der Waals surface area contributed by atoms with Gasteiger partial charge in [0.1, 0.15) is 18.1 Å². The molecule has 0 aromatic heterocycles. The average molecular weight is 388 g/mol. The predicted molar refractivity (Wildman–Crippen MR) is 58.7 cm³/mol. The summed E-state index contributed by atoms with van der Waals surface area (Å²) >= 11 is 1.00. The van der Waals surface area contributed by atoms with Crippen LogP contribution in [0.1, 0.15) is 0 Å². The van der Waals surface area contributed by atoms with Crippen LogP contribution < -0.4 is 0 Å². The van der Waals surface area contributed by atoms with Crippen LogP contribution in [-0.4, -0.2) is 49.5 Å². The van der Waals surface area contributed by atoms with Crippen molar-refractivity contribution >= 4 is 45.5 Å². The molecule has 3 radical (unpaired) electrons. The van der Waals surface area contributed by atoms with Crippen LogP contribution in [0.15, 0.2) is 34.0 Å². The Kier molecular flexibility index (Phi) is 4.71. The molecule has 67 valence electrons. The summed E-state index contributed by atoms with van der Waals surface area (Å²) in [6, 6.07) is 0.133. The Balaban J connectivity index is 0.000000396. The van der Waals surface area contributed by atoms with Crippen LogP contribution in [-0.2, 0) is 4.74 Å². The molecule has 0 spiro atoms. The number of thiol groups is 1. The molecule has 0 saturated carbocycles. The molecule has 5 heteroatoms. The molecular weight excluding hydrogens is 379 g/mol. The first-order chi connectivity index (χ1) is 6.40. The summed E-state index contributed by atoms with van der Waals surface area (Å²) in [5.74, 6) is 0.838. The second kappa shape index (κ2) is 5.59. The van der Waals surface area contributed by atoms with Crippen molar-refractivity contribution in [3.63, 3.8) is 0 Å². The quantitative estimate of drug-likeness (QED) is 0.527. The van der Waals surface area contributed by atoms with E-state index in [-0.39, 0.29) is 6.04 Å². The summed E-state index contributed by atoms with van der Waals surface area (Å²) in [5, 5.41) is 0. The fraction of sp³-hybridized carbons (Fsp3) is 0.250. The number of ether oxygens (including phenoxy) is 1. The van der Waals surface area contributed by atoms with Gasteiger partial charge in [0.25, 0.3) is 0 Å². The standard InChI is InChI=1S/C8H8N2O.Pb.H2S/c1-11-6-2-3-7-8(4-6)10-5-9-7;;/h2-5,7H,1H3;;1H2/q;+1;/p-1. The number of allylic oxidation sites excluding steroid dienone is 1. The second-order valence-electron chi connectivity index (χ2n) is 2.37. The van der Waals surface area contributed by atoms with Crippen LogP contribution >= 0.6 is 9.18 Å². The molecule has 0 bridgehead atoms. The van der Waals surface area contributed by atoms with Gasteiger partial charge in [0.15, 0.2) is 0 Å². The molecule has 2 aliphatic rings. The summed E-state index contributed by atoms with van der Waals surface area (Å²) < 4.78 is 5.04. The summed E-state index contributed by atoms with van der Waals surface area (Å²) in [7, 11) is 5.31. The number of fused-ring (bicyclic) bond motifs is 1. The van der Waals surface area contributed by atoms with Gasteiger partial charge in [0.05, 0.1) is 12.8 Å².